The van der Waals surface area contributed by atoms with E-state index in [2.05, 4.69) is 15.6 Å². The number of carbonyl (C=O) groups is 1. The molecule has 19 heavy (non-hydrogen) atoms. The molecule has 0 saturated carbocycles. The predicted molar refractivity (Wildman–Crippen MR) is 73.5 cm³/mol. The molecule has 3 N–H and O–H groups in total. The molecule has 0 fully saturated rings. The van der Waals surface area contributed by atoms with Gasteiger partial charge < -0.3 is 15.6 Å². The van der Waals surface area contributed by atoms with Gasteiger partial charge in [0.25, 0.3) is 0 Å². The second-order valence-corrected chi connectivity index (χ2v) is 4.18. The van der Waals surface area contributed by atoms with Crippen molar-refractivity contribution in [3.05, 3.63) is 47.1 Å². The second kappa shape index (κ2) is 5.53. The Morgan fingerprint density at radius 1 is 1.32 bits per heavy atom. The van der Waals surface area contributed by atoms with E-state index in [4.69, 9.17) is 0 Å². The zero-order valence-electron chi connectivity index (χ0n) is 10.8. The van der Waals surface area contributed by atoms with Gasteiger partial charge in [0.2, 0.25) is 5.91 Å². The van der Waals surface area contributed by atoms with Crippen LogP contribution in [0, 0.1) is 0 Å². The SMILES string of the molecule is CNC(C)C(=O)Nc1ccc(-n2cc[nH]c2=O)cc1. The lowest BCUT2D eigenvalue weighted by molar-refractivity contribution is -0.117. The van der Waals surface area contributed by atoms with E-state index in [9.17, 15) is 9.59 Å². The number of rotatable bonds is 4. The molecule has 1 atom stereocenters. The largest absolute Gasteiger partial charge is 0.330 e. The summed E-state index contributed by atoms with van der Waals surface area (Å²) in [6.07, 6.45) is 3.23. The first kappa shape index (κ1) is 13.1. The van der Waals surface area contributed by atoms with Gasteiger partial charge in [0.15, 0.2) is 0 Å². The number of hydrogen-bond donors (Lipinski definition) is 3. The van der Waals surface area contributed by atoms with Crippen molar-refractivity contribution in [3.63, 3.8) is 0 Å². The summed E-state index contributed by atoms with van der Waals surface area (Å²) in [5.41, 5.74) is 1.24. The van der Waals surface area contributed by atoms with Crippen molar-refractivity contribution in [2.24, 2.45) is 0 Å². The Bertz CT molecular complexity index is 612. The number of hydrogen-bond acceptors (Lipinski definition) is 3. The topological polar surface area (TPSA) is 78.9 Å². The summed E-state index contributed by atoms with van der Waals surface area (Å²) in [7, 11) is 1.73. The van der Waals surface area contributed by atoms with Gasteiger partial charge in [0.05, 0.1) is 11.7 Å². The van der Waals surface area contributed by atoms with Crippen LogP contribution in [0.5, 0.6) is 0 Å². The van der Waals surface area contributed by atoms with Crippen LogP contribution in [-0.4, -0.2) is 28.5 Å². The van der Waals surface area contributed by atoms with E-state index in [-0.39, 0.29) is 17.6 Å². The van der Waals surface area contributed by atoms with Gasteiger partial charge in [-0.15, -0.1) is 0 Å². The molecule has 0 aliphatic rings. The van der Waals surface area contributed by atoms with Crippen LogP contribution >= 0.6 is 0 Å². The number of imidazole rings is 1. The fourth-order valence-corrected chi connectivity index (χ4v) is 1.61. The average Bonchev–Trinajstić information content (AvgIpc) is 2.85. The lowest BCUT2D eigenvalue weighted by Crippen LogP contribution is -2.35. The molecule has 1 amide bonds. The molecule has 0 spiro atoms. The minimum atomic E-state index is -0.257. The molecule has 6 heteroatoms. The number of aromatic nitrogens is 2. The Hall–Kier alpha value is -2.34. The normalized spacial score (nSPS) is 12.1. The summed E-state index contributed by atoms with van der Waals surface area (Å²) in [6.45, 7) is 1.78. The second-order valence-electron chi connectivity index (χ2n) is 4.18. The number of likely N-dealkylation sites (N-methyl/N-ethyl adjacent to an activating group) is 1. The fourth-order valence-electron chi connectivity index (χ4n) is 1.61. The van der Waals surface area contributed by atoms with E-state index >= 15 is 0 Å². The monoisotopic (exact) mass is 260 g/mol. The molecule has 0 radical (unpaired) electrons. The zero-order chi connectivity index (χ0) is 13.8. The number of carbonyl (C=O) groups excluding carboxylic acids is 1. The van der Waals surface area contributed by atoms with Crippen molar-refractivity contribution < 1.29 is 4.79 Å². The van der Waals surface area contributed by atoms with E-state index in [1.165, 1.54) is 4.57 Å². The fraction of sp³-hybridized carbons (Fsp3) is 0.231. The molecule has 1 unspecified atom stereocenters. The standard InChI is InChI=1S/C13H16N4O2/c1-9(14-2)12(18)16-10-3-5-11(6-4-10)17-8-7-15-13(17)19/h3-9,14H,1-2H3,(H,15,19)(H,16,18). The third-order valence-corrected chi connectivity index (χ3v) is 2.89. The van der Waals surface area contributed by atoms with Gasteiger partial charge in [0.1, 0.15) is 0 Å². The Labute approximate surface area is 110 Å². The third kappa shape index (κ3) is 2.92. The molecule has 2 rings (SSSR count). The highest BCUT2D eigenvalue weighted by Gasteiger charge is 2.10. The van der Waals surface area contributed by atoms with E-state index < -0.39 is 0 Å². The number of benzene rings is 1. The van der Waals surface area contributed by atoms with E-state index in [0.717, 1.165) is 5.69 Å². The minimum absolute atomic E-state index is 0.103. The van der Waals surface area contributed by atoms with Crippen molar-refractivity contribution in [1.29, 1.82) is 0 Å². The van der Waals surface area contributed by atoms with Crippen LogP contribution in [0.1, 0.15) is 6.92 Å². The number of aromatic amines is 1. The molecule has 2 aromatic rings. The van der Waals surface area contributed by atoms with Crippen molar-refractivity contribution in [2.45, 2.75) is 13.0 Å². The maximum Gasteiger partial charge on any atom is 0.330 e. The molecule has 0 aliphatic carbocycles. The maximum absolute atomic E-state index is 11.7. The highest BCUT2D eigenvalue weighted by atomic mass is 16.2. The highest BCUT2D eigenvalue weighted by Crippen LogP contribution is 2.12. The molecular formula is C13H16N4O2. The van der Waals surface area contributed by atoms with Crippen LogP contribution in [0.4, 0.5) is 5.69 Å². The molecule has 0 saturated heterocycles. The molecule has 0 aliphatic heterocycles. The summed E-state index contributed by atoms with van der Waals surface area (Å²) < 4.78 is 1.49. The number of nitrogens with zero attached hydrogens (tertiary/aromatic N) is 1. The van der Waals surface area contributed by atoms with E-state index in [1.807, 2.05) is 0 Å². The number of anilines is 1. The van der Waals surface area contributed by atoms with Gasteiger partial charge in [-0.1, -0.05) is 0 Å². The third-order valence-electron chi connectivity index (χ3n) is 2.89. The maximum atomic E-state index is 11.7. The van der Waals surface area contributed by atoms with Crippen LogP contribution < -0.4 is 16.3 Å². The first-order chi connectivity index (χ1) is 9.11. The summed E-state index contributed by atoms with van der Waals surface area (Å²) in [4.78, 5) is 25.7. The number of nitrogens with one attached hydrogen (secondary N) is 3. The van der Waals surface area contributed by atoms with Crippen LogP contribution in [0.2, 0.25) is 0 Å². The lowest BCUT2D eigenvalue weighted by atomic mass is 10.2. The van der Waals surface area contributed by atoms with Gasteiger partial charge >= 0.3 is 5.69 Å². The van der Waals surface area contributed by atoms with Crippen LogP contribution in [0.3, 0.4) is 0 Å². The van der Waals surface area contributed by atoms with Gasteiger partial charge in [-0.05, 0) is 38.2 Å². The van der Waals surface area contributed by atoms with Gasteiger partial charge in [0, 0.05) is 18.1 Å². The molecular weight excluding hydrogens is 244 g/mol. The van der Waals surface area contributed by atoms with Crippen molar-refractivity contribution in [2.75, 3.05) is 12.4 Å². The summed E-state index contributed by atoms with van der Waals surface area (Å²) >= 11 is 0. The Kier molecular flexibility index (Phi) is 3.82. The average molecular weight is 260 g/mol. The summed E-state index contributed by atoms with van der Waals surface area (Å²) in [5.74, 6) is -0.103. The van der Waals surface area contributed by atoms with Crippen LogP contribution in [-0.2, 0) is 4.79 Å². The Morgan fingerprint density at radius 2 is 2.00 bits per heavy atom. The number of amides is 1. The van der Waals surface area contributed by atoms with Crippen molar-refractivity contribution in [1.82, 2.24) is 14.9 Å². The van der Waals surface area contributed by atoms with Crippen molar-refractivity contribution >= 4 is 11.6 Å². The summed E-state index contributed by atoms with van der Waals surface area (Å²) in [6, 6.07) is 6.81. The molecule has 0 bridgehead atoms. The Morgan fingerprint density at radius 3 is 2.53 bits per heavy atom. The first-order valence-electron chi connectivity index (χ1n) is 5.96. The quantitative estimate of drug-likeness (QED) is 0.757. The number of H-pyrrole nitrogens is 1. The van der Waals surface area contributed by atoms with Crippen LogP contribution in [0.25, 0.3) is 5.69 Å². The van der Waals surface area contributed by atoms with Gasteiger partial charge in [-0.2, -0.15) is 0 Å². The Balaban J connectivity index is 2.13. The van der Waals surface area contributed by atoms with E-state index in [1.54, 1.807) is 50.6 Å². The molecule has 1 heterocycles. The zero-order valence-corrected chi connectivity index (χ0v) is 10.8. The molecule has 6 nitrogen and oxygen atoms in total. The van der Waals surface area contributed by atoms with Crippen molar-refractivity contribution in [3.8, 4) is 5.69 Å². The van der Waals surface area contributed by atoms with Gasteiger partial charge in [-0.25, -0.2) is 4.79 Å². The van der Waals surface area contributed by atoms with Crippen LogP contribution in [0.15, 0.2) is 41.5 Å². The predicted octanol–water partition coefficient (Wildman–Crippen LogP) is 0.712. The first-order valence-corrected chi connectivity index (χ1v) is 5.96. The minimum Gasteiger partial charge on any atom is -0.325 e. The lowest BCUT2D eigenvalue weighted by Gasteiger charge is -2.11. The van der Waals surface area contributed by atoms with Gasteiger partial charge in [-0.3, -0.25) is 9.36 Å². The summed E-state index contributed by atoms with van der Waals surface area (Å²) in [5, 5.41) is 5.65. The molecule has 100 valence electrons. The molecule has 1 aromatic heterocycles. The molecule has 1 aromatic carbocycles. The highest BCUT2D eigenvalue weighted by molar-refractivity contribution is 5.94. The van der Waals surface area contributed by atoms with E-state index in [0.29, 0.717) is 5.69 Å². The smallest absolute Gasteiger partial charge is 0.325 e.